The van der Waals surface area contributed by atoms with Gasteiger partial charge < -0.3 is 10.2 Å². The van der Waals surface area contributed by atoms with Crippen LogP contribution in [0.5, 0.6) is 0 Å². The smallest absolute Gasteiger partial charge is 0.257 e. The molecule has 5 rings (SSSR count). The third kappa shape index (κ3) is 5.81. The molecule has 5 nitrogen and oxygen atoms in total. The molecule has 0 saturated carbocycles. The molecule has 1 N–H and O–H groups in total. The molecule has 0 radical (unpaired) electrons. The van der Waals surface area contributed by atoms with E-state index in [4.69, 9.17) is 0 Å². The Balaban J connectivity index is 1.36. The van der Waals surface area contributed by atoms with E-state index in [1.54, 1.807) is 11.3 Å². The van der Waals surface area contributed by atoms with Gasteiger partial charge in [-0.05, 0) is 53.9 Å². The van der Waals surface area contributed by atoms with Gasteiger partial charge in [0.2, 0.25) is 0 Å². The highest BCUT2D eigenvalue weighted by molar-refractivity contribution is 7.17. The minimum absolute atomic E-state index is 0.0643. The molecule has 1 atom stereocenters. The fourth-order valence-electron chi connectivity index (χ4n) is 5.51. The van der Waals surface area contributed by atoms with Gasteiger partial charge in [-0.1, -0.05) is 69.3 Å². The molecule has 2 amide bonds. The van der Waals surface area contributed by atoms with Crippen molar-refractivity contribution in [1.82, 2.24) is 9.80 Å². The number of nitrogens with zero attached hydrogens (tertiary/aromatic N) is 2. The van der Waals surface area contributed by atoms with Crippen LogP contribution in [0.3, 0.4) is 0 Å². The number of piperazine rings is 1. The SMILES string of the molecule is CC(C)(C)[C@@H]1CCc2c(sc(NC(=O)c3ccccc3)c2C(=O)N2CCN(Cc3ccccc3)CC2)C1. The van der Waals surface area contributed by atoms with Crippen LogP contribution in [0.15, 0.2) is 60.7 Å². The van der Waals surface area contributed by atoms with Crippen molar-refractivity contribution in [1.29, 1.82) is 0 Å². The highest BCUT2D eigenvalue weighted by atomic mass is 32.1. The number of carbonyl (C=O) groups excluding carboxylic acids is 2. The van der Waals surface area contributed by atoms with Gasteiger partial charge in [-0.3, -0.25) is 14.5 Å². The number of carbonyl (C=O) groups is 2. The summed E-state index contributed by atoms with van der Waals surface area (Å²) >= 11 is 1.61. The normalized spacial score (nSPS) is 18.4. The minimum Gasteiger partial charge on any atom is -0.336 e. The molecule has 2 aromatic carbocycles. The van der Waals surface area contributed by atoms with E-state index in [2.05, 4.69) is 55.3 Å². The summed E-state index contributed by atoms with van der Waals surface area (Å²) in [4.78, 5) is 32.7. The first kappa shape index (κ1) is 25.7. The molecule has 3 aromatic rings. The van der Waals surface area contributed by atoms with Crippen molar-refractivity contribution >= 4 is 28.2 Å². The summed E-state index contributed by atoms with van der Waals surface area (Å²) in [5, 5.41) is 3.83. The fraction of sp³-hybridized carbons (Fsp3) is 0.419. The van der Waals surface area contributed by atoms with E-state index in [1.807, 2.05) is 41.3 Å². The van der Waals surface area contributed by atoms with Gasteiger partial charge in [0.05, 0.1) is 5.56 Å². The second-order valence-electron chi connectivity index (χ2n) is 11.4. The Hall–Kier alpha value is -2.96. The first-order valence-electron chi connectivity index (χ1n) is 13.4. The second-order valence-corrected chi connectivity index (χ2v) is 12.5. The van der Waals surface area contributed by atoms with Crippen LogP contribution in [0.2, 0.25) is 0 Å². The highest BCUT2D eigenvalue weighted by Crippen LogP contribution is 2.44. The Morgan fingerprint density at radius 2 is 1.59 bits per heavy atom. The average Bonchev–Trinajstić information content (AvgIpc) is 3.26. The summed E-state index contributed by atoms with van der Waals surface area (Å²) in [5.74, 6) is 0.475. The molecule has 0 unspecified atom stereocenters. The molecule has 0 bridgehead atoms. The third-order valence-corrected chi connectivity index (χ3v) is 9.05. The van der Waals surface area contributed by atoms with Gasteiger partial charge in [0, 0.05) is 43.2 Å². The average molecular weight is 516 g/mol. The molecule has 1 aliphatic carbocycles. The Morgan fingerprint density at radius 3 is 2.24 bits per heavy atom. The molecule has 1 fully saturated rings. The number of nitrogens with one attached hydrogen (secondary N) is 1. The molecule has 2 heterocycles. The van der Waals surface area contributed by atoms with Crippen LogP contribution >= 0.6 is 11.3 Å². The van der Waals surface area contributed by atoms with Crippen LogP contribution in [0.1, 0.15) is 63.9 Å². The first-order valence-corrected chi connectivity index (χ1v) is 14.2. The molecule has 37 heavy (non-hydrogen) atoms. The lowest BCUT2D eigenvalue weighted by molar-refractivity contribution is 0.0628. The largest absolute Gasteiger partial charge is 0.336 e. The Labute approximate surface area is 224 Å². The van der Waals surface area contributed by atoms with Crippen molar-refractivity contribution in [3.8, 4) is 0 Å². The number of hydrogen-bond donors (Lipinski definition) is 1. The van der Waals surface area contributed by atoms with E-state index < -0.39 is 0 Å². The van der Waals surface area contributed by atoms with Crippen LogP contribution in [-0.2, 0) is 19.4 Å². The van der Waals surface area contributed by atoms with Gasteiger partial charge in [0.15, 0.2) is 0 Å². The van der Waals surface area contributed by atoms with Gasteiger partial charge in [0.25, 0.3) is 11.8 Å². The van der Waals surface area contributed by atoms with E-state index >= 15 is 0 Å². The number of rotatable bonds is 5. The van der Waals surface area contributed by atoms with Crippen LogP contribution in [0, 0.1) is 11.3 Å². The van der Waals surface area contributed by atoms with Crippen molar-refractivity contribution in [3.63, 3.8) is 0 Å². The summed E-state index contributed by atoms with van der Waals surface area (Å²) in [6, 6.07) is 19.8. The Morgan fingerprint density at radius 1 is 0.946 bits per heavy atom. The highest BCUT2D eigenvalue weighted by Gasteiger charge is 2.36. The predicted molar refractivity (Wildman–Crippen MR) is 151 cm³/mol. The first-order chi connectivity index (χ1) is 17.8. The van der Waals surface area contributed by atoms with E-state index in [0.717, 1.165) is 50.0 Å². The lowest BCUT2D eigenvalue weighted by Gasteiger charge is -2.36. The number of fused-ring (bicyclic) bond motifs is 1. The monoisotopic (exact) mass is 515 g/mol. The summed E-state index contributed by atoms with van der Waals surface area (Å²) in [7, 11) is 0. The third-order valence-electron chi connectivity index (χ3n) is 7.88. The maximum Gasteiger partial charge on any atom is 0.257 e. The lowest BCUT2D eigenvalue weighted by atomic mass is 9.72. The van der Waals surface area contributed by atoms with E-state index in [0.29, 0.717) is 29.6 Å². The summed E-state index contributed by atoms with van der Waals surface area (Å²) in [5.41, 5.74) is 4.01. The number of hydrogen-bond acceptors (Lipinski definition) is 4. The lowest BCUT2D eigenvalue weighted by Crippen LogP contribution is -2.48. The zero-order valence-electron chi connectivity index (χ0n) is 22.1. The van der Waals surface area contributed by atoms with E-state index in [1.165, 1.54) is 10.4 Å². The summed E-state index contributed by atoms with van der Waals surface area (Å²) in [6.07, 6.45) is 2.93. The maximum atomic E-state index is 14.0. The fourth-order valence-corrected chi connectivity index (χ4v) is 6.83. The van der Waals surface area contributed by atoms with E-state index in [-0.39, 0.29) is 17.2 Å². The van der Waals surface area contributed by atoms with Crippen molar-refractivity contribution < 1.29 is 9.59 Å². The van der Waals surface area contributed by atoms with Crippen LogP contribution in [0.4, 0.5) is 5.00 Å². The summed E-state index contributed by atoms with van der Waals surface area (Å²) in [6.45, 7) is 10.9. The molecule has 1 aromatic heterocycles. The van der Waals surface area contributed by atoms with Crippen molar-refractivity contribution in [2.24, 2.45) is 11.3 Å². The number of benzene rings is 2. The van der Waals surface area contributed by atoms with Crippen molar-refractivity contribution in [3.05, 3.63) is 87.8 Å². The molecule has 1 aliphatic heterocycles. The molecule has 2 aliphatic rings. The minimum atomic E-state index is -0.159. The van der Waals surface area contributed by atoms with Gasteiger partial charge in [-0.25, -0.2) is 0 Å². The second kappa shape index (κ2) is 10.8. The molecular formula is C31H37N3O2S. The van der Waals surface area contributed by atoms with Gasteiger partial charge >= 0.3 is 0 Å². The van der Waals surface area contributed by atoms with Crippen LogP contribution in [0.25, 0.3) is 0 Å². The van der Waals surface area contributed by atoms with Gasteiger partial charge in [0.1, 0.15) is 5.00 Å². The number of thiophene rings is 1. The molecule has 0 spiro atoms. The molecule has 1 saturated heterocycles. The number of anilines is 1. The Kier molecular flexibility index (Phi) is 7.50. The van der Waals surface area contributed by atoms with E-state index in [9.17, 15) is 9.59 Å². The predicted octanol–water partition coefficient (Wildman–Crippen LogP) is 6.11. The Bertz CT molecular complexity index is 1240. The molecular weight excluding hydrogens is 478 g/mol. The molecule has 6 heteroatoms. The zero-order chi connectivity index (χ0) is 26.0. The quantitative estimate of drug-likeness (QED) is 0.446. The van der Waals surface area contributed by atoms with Crippen molar-refractivity contribution in [2.45, 2.75) is 46.6 Å². The standard InChI is InChI=1S/C31H37N3O2S/c1-31(2,3)24-14-15-25-26(20-24)37-29(32-28(35)23-12-8-5-9-13-23)27(25)30(36)34-18-16-33(17-19-34)21-22-10-6-4-7-11-22/h4-13,24H,14-21H2,1-3H3,(H,32,35)/t24-/m1/s1. The maximum absolute atomic E-state index is 14.0. The van der Waals surface area contributed by atoms with Crippen LogP contribution < -0.4 is 5.32 Å². The zero-order valence-corrected chi connectivity index (χ0v) is 22.9. The molecule has 194 valence electrons. The van der Waals surface area contributed by atoms with Crippen LogP contribution in [-0.4, -0.2) is 47.8 Å². The van der Waals surface area contributed by atoms with Gasteiger partial charge in [-0.15, -0.1) is 11.3 Å². The van der Waals surface area contributed by atoms with Gasteiger partial charge in [-0.2, -0.15) is 0 Å². The van der Waals surface area contributed by atoms with Crippen molar-refractivity contribution in [2.75, 3.05) is 31.5 Å². The topological polar surface area (TPSA) is 52.7 Å². The summed E-state index contributed by atoms with van der Waals surface area (Å²) < 4.78 is 0. The number of amides is 2.